The van der Waals surface area contributed by atoms with Crippen LogP contribution >= 0.6 is 11.6 Å². The lowest BCUT2D eigenvalue weighted by atomic mass is 10.2. The van der Waals surface area contributed by atoms with E-state index in [4.69, 9.17) is 25.8 Å². The van der Waals surface area contributed by atoms with Gasteiger partial charge in [0.25, 0.3) is 10.0 Å². The third-order valence-corrected chi connectivity index (χ3v) is 5.77. The van der Waals surface area contributed by atoms with Gasteiger partial charge < -0.3 is 24.3 Å². The van der Waals surface area contributed by atoms with Crippen LogP contribution in [-0.4, -0.2) is 45.8 Å². The van der Waals surface area contributed by atoms with E-state index in [0.717, 1.165) is 0 Å². The molecule has 3 aromatic rings. The highest BCUT2D eigenvalue weighted by atomic mass is 35.5. The van der Waals surface area contributed by atoms with Crippen LogP contribution in [0.1, 0.15) is 10.5 Å². The molecule has 3 N–H and O–H groups in total. The van der Waals surface area contributed by atoms with E-state index in [1.165, 1.54) is 51.7 Å². The van der Waals surface area contributed by atoms with Crippen LogP contribution in [0, 0.1) is 0 Å². The first-order valence-corrected chi connectivity index (χ1v) is 9.95. The molecule has 0 fully saturated rings. The van der Waals surface area contributed by atoms with Gasteiger partial charge >= 0.3 is 5.97 Å². The second kappa shape index (κ2) is 7.72. The number of hydrogen-bond acceptors (Lipinski definition) is 6. The predicted molar refractivity (Wildman–Crippen MR) is 107 cm³/mol. The summed E-state index contributed by atoms with van der Waals surface area (Å²) in [5.41, 5.74) is -0.161. The molecule has 1 heterocycles. The lowest BCUT2D eigenvalue weighted by Crippen LogP contribution is -2.16. The number of aromatic carboxylic acids is 1. The fourth-order valence-corrected chi connectivity index (χ4v) is 4.36. The molecular weight excluding hydrogens is 424 g/mol. The Morgan fingerprint density at radius 2 is 1.66 bits per heavy atom. The van der Waals surface area contributed by atoms with Crippen molar-refractivity contribution in [2.75, 3.05) is 26.1 Å². The number of rotatable bonds is 7. The molecule has 9 nitrogen and oxygen atoms in total. The van der Waals surface area contributed by atoms with Gasteiger partial charge in [0.2, 0.25) is 0 Å². The first-order valence-electron chi connectivity index (χ1n) is 8.09. The summed E-state index contributed by atoms with van der Waals surface area (Å²) >= 11 is 5.93. The Morgan fingerprint density at radius 3 is 2.24 bits per heavy atom. The van der Waals surface area contributed by atoms with Gasteiger partial charge in [-0.15, -0.1) is 0 Å². The summed E-state index contributed by atoms with van der Waals surface area (Å²) in [6.07, 6.45) is 0. The number of hydrogen-bond donors (Lipinski definition) is 3. The number of methoxy groups -OCH3 is 3. The van der Waals surface area contributed by atoms with Gasteiger partial charge in [0.1, 0.15) is 16.3 Å². The Bertz CT molecular complexity index is 1200. The number of aromatic nitrogens is 1. The molecule has 0 saturated carbocycles. The highest BCUT2D eigenvalue weighted by molar-refractivity contribution is 7.92. The molecule has 0 radical (unpaired) electrons. The van der Waals surface area contributed by atoms with Crippen molar-refractivity contribution in [1.29, 1.82) is 0 Å². The largest absolute Gasteiger partial charge is 0.495 e. The first-order chi connectivity index (χ1) is 13.7. The Morgan fingerprint density at radius 1 is 1.03 bits per heavy atom. The molecule has 0 aliphatic rings. The third-order valence-electron chi connectivity index (χ3n) is 4.17. The SMILES string of the molecule is COc1cc2[nH]c(C(=O)O)c(NS(=O)(=O)c3cc(Cl)ccc3OC)c2cc1OC. The van der Waals surface area contributed by atoms with E-state index >= 15 is 0 Å². The number of carboxylic acid groups (broad SMARTS) is 1. The Labute approximate surface area is 171 Å². The number of carboxylic acids is 1. The summed E-state index contributed by atoms with van der Waals surface area (Å²) < 4.78 is 43.9. The van der Waals surface area contributed by atoms with Crippen molar-refractivity contribution >= 4 is 44.2 Å². The number of nitrogens with one attached hydrogen (secondary N) is 2. The number of carbonyl (C=O) groups is 1. The quantitative estimate of drug-likeness (QED) is 0.514. The molecule has 0 spiro atoms. The Hall–Kier alpha value is -3.11. The lowest BCUT2D eigenvalue weighted by Gasteiger charge is -2.13. The second-order valence-electron chi connectivity index (χ2n) is 5.83. The maximum Gasteiger partial charge on any atom is 0.354 e. The molecule has 1 aromatic heterocycles. The van der Waals surface area contributed by atoms with E-state index in [9.17, 15) is 18.3 Å². The second-order valence-corrected chi connectivity index (χ2v) is 7.92. The van der Waals surface area contributed by atoms with Crippen molar-refractivity contribution < 1.29 is 32.5 Å². The zero-order valence-corrected chi connectivity index (χ0v) is 17.1. The summed E-state index contributed by atoms with van der Waals surface area (Å²) in [6.45, 7) is 0. The molecule has 0 amide bonds. The number of aromatic amines is 1. The summed E-state index contributed by atoms with van der Waals surface area (Å²) in [5, 5.41) is 10.0. The van der Waals surface area contributed by atoms with Gasteiger partial charge in [0.05, 0.1) is 32.5 Å². The van der Waals surface area contributed by atoms with Crippen LogP contribution in [-0.2, 0) is 10.0 Å². The van der Waals surface area contributed by atoms with Gasteiger partial charge in [-0.1, -0.05) is 11.6 Å². The van der Waals surface area contributed by atoms with E-state index in [1.54, 1.807) is 0 Å². The maximum atomic E-state index is 13.0. The molecular formula is C18H17ClN2O7S. The van der Waals surface area contributed by atoms with Crippen LogP contribution in [0.25, 0.3) is 10.9 Å². The molecule has 0 atom stereocenters. The molecule has 0 aliphatic carbocycles. The summed E-state index contributed by atoms with van der Waals surface area (Å²) in [7, 11) is -0.0906. The fraction of sp³-hybridized carbons (Fsp3) is 0.167. The Balaban J connectivity index is 2.22. The summed E-state index contributed by atoms with van der Waals surface area (Å²) in [4.78, 5) is 14.2. The number of halogens is 1. The van der Waals surface area contributed by atoms with Gasteiger partial charge in [-0.05, 0) is 24.3 Å². The van der Waals surface area contributed by atoms with Gasteiger partial charge in [-0.3, -0.25) is 4.72 Å². The van der Waals surface area contributed by atoms with Crippen LogP contribution in [0.4, 0.5) is 5.69 Å². The molecule has 0 saturated heterocycles. The van der Waals surface area contributed by atoms with Gasteiger partial charge in [0.15, 0.2) is 11.5 Å². The molecule has 2 aromatic carbocycles. The smallest absolute Gasteiger partial charge is 0.354 e. The number of ether oxygens (including phenoxy) is 3. The molecule has 29 heavy (non-hydrogen) atoms. The van der Waals surface area contributed by atoms with Crippen LogP contribution in [0.5, 0.6) is 17.2 Å². The topological polar surface area (TPSA) is 127 Å². The van der Waals surface area contributed by atoms with Crippen molar-refractivity contribution in [3.63, 3.8) is 0 Å². The van der Waals surface area contributed by atoms with Crippen molar-refractivity contribution in [1.82, 2.24) is 4.98 Å². The van der Waals surface area contributed by atoms with Crippen LogP contribution in [0.15, 0.2) is 35.2 Å². The predicted octanol–water partition coefficient (Wildman–Crippen LogP) is 3.35. The summed E-state index contributed by atoms with van der Waals surface area (Å²) in [5.74, 6) is -0.645. The van der Waals surface area contributed by atoms with Crippen molar-refractivity contribution in [2.24, 2.45) is 0 Å². The number of benzene rings is 2. The van der Waals surface area contributed by atoms with Gasteiger partial charge in [-0.2, -0.15) is 0 Å². The summed E-state index contributed by atoms with van der Waals surface area (Å²) in [6, 6.07) is 7.08. The lowest BCUT2D eigenvalue weighted by molar-refractivity contribution is 0.0692. The van der Waals surface area contributed by atoms with Crippen LogP contribution in [0.2, 0.25) is 5.02 Å². The molecule has 0 unspecified atom stereocenters. The molecule has 11 heteroatoms. The van der Waals surface area contributed by atoms with E-state index in [2.05, 4.69) is 9.71 Å². The number of anilines is 1. The zero-order valence-electron chi connectivity index (χ0n) is 15.6. The van der Waals surface area contributed by atoms with Crippen molar-refractivity contribution in [3.8, 4) is 17.2 Å². The zero-order chi connectivity index (χ0) is 21.3. The molecule has 0 bridgehead atoms. The molecule has 154 valence electrons. The van der Waals surface area contributed by atoms with E-state index in [-0.39, 0.29) is 32.4 Å². The Kier molecular flexibility index (Phi) is 5.49. The monoisotopic (exact) mass is 440 g/mol. The fourth-order valence-electron chi connectivity index (χ4n) is 2.84. The average Bonchev–Trinajstić information content (AvgIpc) is 3.03. The number of fused-ring (bicyclic) bond motifs is 1. The minimum Gasteiger partial charge on any atom is -0.495 e. The highest BCUT2D eigenvalue weighted by Gasteiger charge is 2.26. The van der Waals surface area contributed by atoms with Gasteiger partial charge in [-0.25, -0.2) is 13.2 Å². The van der Waals surface area contributed by atoms with E-state index < -0.39 is 16.0 Å². The van der Waals surface area contributed by atoms with Gasteiger partial charge in [0, 0.05) is 16.5 Å². The average molecular weight is 441 g/mol. The normalized spacial score (nSPS) is 11.3. The molecule has 0 aliphatic heterocycles. The van der Waals surface area contributed by atoms with Crippen molar-refractivity contribution in [2.45, 2.75) is 4.90 Å². The minimum atomic E-state index is -4.25. The van der Waals surface area contributed by atoms with Crippen LogP contribution in [0.3, 0.4) is 0 Å². The first kappa shape index (κ1) is 20.6. The number of sulfonamides is 1. The van der Waals surface area contributed by atoms with E-state index in [0.29, 0.717) is 17.0 Å². The third kappa shape index (κ3) is 3.76. The van der Waals surface area contributed by atoms with Crippen molar-refractivity contribution in [3.05, 3.63) is 41.0 Å². The maximum absolute atomic E-state index is 13.0. The standard InChI is InChI=1S/C18H17ClN2O7S/c1-26-12-5-4-9(19)6-15(12)29(24,25)21-16-10-7-13(27-2)14(28-3)8-11(10)20-17(16)18(22)23/h4-8,20-21H,1-3H3,(H,22,23). The molecule has 3 rings (SSSR count). The minimum absolute atomic E-state index is 0.0536. The van der Waals surface area contributed by atoms with Crippen LogP contribution < -0.4 is 18.9 Å². The number of H-pyrrole nitrogens is 1. The highest BCUT2D eigenvalue weighted by Crippen LogP contribution is 2.38. The van der Waals surface area contributed by atoms with E-state index in [1.807, 2.05) is 0 Å².